The molecule has 1 atom stereocenters. The lowest BCUT2D eigenvalue weighted by Gasteiger charge is -2.38. The first-order valence-electron chi connectivity index (χ1n) is 7.10. The Bertz CT molecular complexity index is 401. The molecule has 0 spiro atoms. The Hall–Kier alpha value is -0.450. The molecule has 0 aromatic carbocycles. The lowest BCUT2D eigenvalue weighted by molar-refractivity contribution is 0.0697. The molecule has 0 aliphatic carbocycles. The van der Waals surface area contributed by atoms with Gasteiger partial charge in [0.1, 0.15) is 5.01 Å². The minimum atomic E-state index is -0.189. The molecule has 110 valence electrons. The molecule has 1 heterocycles. The van der Waals surface area contributed by atoms with Crippen molar-refractivity contribution in [3.8, 4) is 0 Å². The normalized spacial score (nSPS) is 15.2. The van der Waals surface area contributed by atoms with Crippen LogP contribution in [0.1, 0.15) is 50.2 Å². The minimum absolute atomic E-state index is 0.189. The lowest BCUT2D eigenvalue weighted by Crippen LogP contribution is -2.53. The Balaban J connectivity index is 3.26. The fourth-order valence-electron chi connectivity index (χ4n) is 2.44. The van der Waals surface area contributed by atoms with Crippen LogP contribution in [0, 0.1) is 12.8 Å². The van der Waals surface area contributed by atoms with Crippen LogP contribution in [0.25, 0.3) is 0 Å². The maximum atomic E-state index is 5.51. The predicted octanol–water partition coefficient (Wildman–Crippen LogP) is 3.51. The Kier molecular flexibility index (Phi) is 5.96. The summed E-state index contributed by atoms with van der Waals surface area (Å²) < 4.78 is 5.51. The van der Waals surface area contributed by atoms with E-state index in [1.165, 1.54) is 10.6 Å². The molecule has 0 saturated carbocycles. The number of nitrogens with zero attached hydrogens (tertiary/aromatic N) is 1. The number of nitrogens with one attached hydrogen (secondary N) is 1. The van der Waals surface area contributed by atoms with Crippen molar-refractivity contribution in [1.29, 1.82) is 0 Å². The number of aromatic nitrogens is 1. The summed E-state index contributed by atoms with van der Waals surface area (Å²) in [5.74, 6) is 0.421. The molecular weight excluding hydrogens is 256 g/mol. The summed E-state index contributed by atoms with van der Waals surface area (Å²) in [4.78, 5) is 6.19. The van der Waals surface area contributed by atoms with Gasteiger partial charge in [-0.15, -0.1) is 11.3 Å². The SMILES string of the molecule is CCc1nc(C(COC)(NC(C)C)C(C)C)sc1C. The number of ether oxygens (including phenoxy) is 1. The summed E-state index contributed by atoms with van der Waals surface area (Å²) in [7, 11) is 1.76. The third-order valence-corrected chi connectivity index (χ3v) is 4.70. The summed E-state index contributed by atoms with van der Waals surface area (Å²) in [6, 6.07) is 0.395. The molecule has 1 aromatic heterocycles. The Morgan fingerprint density at radius 1 is 1.32 bits per heavy atom. The van der Waals surface area contributed by atoms with Gasteiger partial charge in [-0.1, -0.05) is 20.8 Å². The van der Waals surface area contributed by atoms with E-state index in [0.717, 1.165) is 11.4 Å². The number of aryl methyl sites for hydroxylation is 2. The number of thiazole rings is 1. The second kappa shape index (κ2) is 6.82. The highest BCUT2D eigenvalue weighted by Gasteiger charge is 2.39. The van der Waals surface area contributed by atoms with Gasteiger partial charge in [-0.25, -0.2) is 4.98 Å². The van der Waals surface area contributed by atoms with Crippen molar-refractivity contribution in [2.24, 2.45) is 5.92 Å². The van der Waals surface area contributed by atoms with Crippen LogP contribution in [0.4, 0.5) is 0 Å². The highest BCUT2D eigenvalue weighted by Crippen LogP contribution is 2.35. The molecule has 0 bridgehead atoms. The van der Waals surface area contributed by atoms with Crippen molar-refractivity contribution in [3.05, 3.63) is 15.6 Å². The van der Waals surface area contributed by atoms with E-state index in [4.69, 9.17) is 9.72 Å². The van der Waals surface area contributed by atoms with Gasteiger partial charge in [0.25, 0.3) is 0 Å². The quantitative estimate of drug-likeness (QED) is 0.832. The van der Waals surface area contributed by atoms with Gasteiger partial charge >= 0.3 is 0 Å². The minimum Gasteiger partial charge on any atom is -0.382 e. The third-order valence-electron chi connectivity index (χ3n) is 3.51. The van der Waals surface area contributed by atoms with Crippen molar-refractivity contribution < 1.29 is 4.74 Å². The van der Waals surface area contributed by atoms with Gasteiger partial charge in [-0.05, 0) is 33.1 Å². The molecule has 0 aliphatic rings. The van der Waals surface area contributed by atoms with Crippen LogP contribution < -0.4 is 5.32 Å². The maximum Gasteiger partial charge on any atom is 0.116 e. The van der Waals surface area contributed by atoms with Gasteiger partial charge in [0.2, 0.25) is 0 Å². The zero-order chi connectivity index (χ0) is 14.6. The summed E-state index contributed by atoms with van der Waals surface area (Å²) in [6.07, 6.45) is 0.991. The molecule has 1 unspecified atom stereocenters. The maximum absolute atomic E-state index is 5.51. The van der Waals surface area contributed by atoms with Crippen molar-refractivity contribution >= 4 is 11.3 Å². The van der Waals surface area contributed by atoms with Gasteiger partial charge < -0.3 is 10.1 Å². The van der Waals surface area contributed by atoms with Crippen LogP contribution in [0.2, 0.25) is 0 Å². The highest BCUT2D eigenvalue weighted by molar-refractivity contribution is 7.11. The van der Waals surface area contributed by atoms with Crippen LogP contribution in [0.15, 0.2) is 0 Å². The average Bonchev–Trinajstić information content (AvgIpc) is 2.69. The first kappa shape index (κ1) is 16.6. The van der Waals surface area contributed by atoms with Crippen LogP contribution in [0.5, 0.6) is 0 Å². The Morgan fingerprint density at radius 3 is 2.32 bits per heavy atom. The summed E-state index contributed by atoms with van der Waals surface area (Å²) >= 11 is 1.80. The molecule has 19 heavy (non-hydrogen) atoms. The molecule has 4 heteroatoms. The monoisotopic (exact) mass is 284 g/mol. The first-order valence-corrected chi connectivity index (χ1v) is 7.92. The predicted molar refractivity (Wildman–Crippen MR) is 82.9 cm³/mol. The highest BCUT2D eigenvalue weighted by atomic mass is 32.1. The van der Waals surface area contributed by atoms with Gasteiger partial charge in [0.15, 0.2) is 0 Å². The van der Waals surface area contributed by atoms with E-state index in [1.807, 2.05) is 0 Å². The molecule has 0 amide bonds. The van der Waals surface area contributed by atoms with Gasteiger partial charge in [0.05, 0.1) is 17.8 Å². The van der Waals surface area contributed by atoms with Crippen LogP contribution in [-0.4, -0.2) is 24.7 Å². The topological polar surface area (TPSA) is 34.1 Å². The molecule has 3 nitrogen and oxygen atoms in total. The second-order valence-corrected chi connectivity index (χ2v) is 6.94. The molecule has 1 N–H and O–H groups in total. The standard InChI is InChI=1S/C15H28N2OS/c1-8-13-12(6)19-14(16-13)15(9-18-7,10(2)3)17-11(4)5/h10-11,17H,8-9H2,1-7H3. The van der Waals surface area contributed by atoms with E-state index in [1.54, 1.807) is 18.4 Å². The number of rotatable bonds is 7. The van der Waals surface area contributed by atoms with Crippen molar-refractivity contribution in [1.82, 2.24) is 10.3 Å². The molecule has 0 saturated heterocycles. The van der Waals surface area contributed by atoms with Gasteiger partial charge in [-0.2, -0.15) is 0 Å². The summed E-state index contributed by atoms with van der Waals surface area (Å²) in [5, 5.41) is 4.86. The lowest BCUT2D eigenvalue weighted by atomic mass is 9.86. The molecule has 1 rings (SSSR count). The smallest absolute Gasteiger partial charge is 0.116 e. The summed E-state index contributed by atoms with van der Waals surface area (Å²) in [6.45, 7) is 13.8. The zero-order valence-electron chi connectivity index (χ0n) is 13.3. The van der Waals surface area contributed by atoms with Gasteiger partial charge in [-0.3, -0.25) is 0 Å². The van der Waals surface area contributed by atoms with Crippen molar-refractivity contribution in [2.75, 3.05) is 13.7 Å². The molecule has 0 aliphatic heterocycles. The molecule has 0 fully saturated rings. The fraction of sp³-hybridized carbons (Fsp3) is 0.800. The second-order valence-electron chi connectivity index (χ2n) is 5.73. The van der Waals surface area contributed by atoms with Crippen molar-refractivity contribution in [3.63, 3.8) is 0 Å². The van der Waals surface area contributed by atoms with E-state index >= 15 is 0 Å². The Morgan fingerprint density at radius 2 is 1.95 bits per heavy atom. The average molecular weight is 284 g/mol. The van der Waals surface area contributed by atoms with E-state index in [9.17, 15) is 0 Å². The molecule has 1 aromatic rings. The molecular formula is C15H28N2OS. The van der Waals surface area contributed by atoms with E-state index in [2.05, 4.69) is 46.9 Å². The number of methoxy groups -OCH3 is 1. The van der Waals surface area contributed by atoms with E-state index in [0.29, 0.717) is 18.6 Å². The number of hydrogen-bond donors (Lipinski definition) is 1. The number of hydrogen-bond acceptors (Lipinski definition) is 4. The summed E-state index contributed by atoms with van der Waals surface area (Å²) in [5.41, 5.74) is 1.03. The van der Waals surface area contributed by atoms with Crippen molar-refractivity contribution in [2.45, 2.75) is 59.5 Å². The van der Waals surface area contributed by atoms with Gasteiger partial charge in [0, 0.05) is 18.0 Å². The molecule has 0 radical (unpaired) electrons. The first-order chi connectivity index (χ1) is 8.87. The van der Waals surface area contributed by atoms with E-state index in [-0.39, 0.29) is 5.54 Å². The van der Waals surface area contributed by atoms with Crippen LogP contribution >= 0.6 is 11.3 Å². The fourth-order valence-corrected chi connectivity index (χ4v) is 3.72. The largest absolute Gasteiger partial charge is 0.382 e. The zero-order valence-corrected chi connectivity index (χ0v) is 14.1. The van der Waals surface area contributed by atoms with Crippen LogP contribution in [0.3, 0.4) is 0 Å². The van der Waals surface area contributed by atoms with E-state index < -0.39 is 0 Å². The van der Waals surface area contributed by atoms with Crippen LogP contribution in [-0.2, 0) is 16.7 Å². The third kappa shape index (κ3) is 3.56. The Labute approximate surface area is 121 Å².